The van der Waals surface area contributed by atoms with Gasteiger partial charge in [0.25, 0.3) is 11.9 Å². The summed E-state index contributed by atoms with van der Waals surface area (Å²) in [5, 5.41) is 7.99. The highest BCUT2D eigenvalue weighted by Gasteiger charge is 2.23. The van der Waals surface area contributed by atoms with Crippen molar-refractivity contribution < 1.29 is 8.94 Å². The Morgan fingerprint density at radius 2 is 1.62 bits per heavy atom. The largest absolute Gasteiger partial charge is 0.423 e. The van der Waals surface area contributed by atoms with Crippen LogP contribution < -0.4 is 5.32 Å². The highest BCUT2D eigenvalue weighted by Crippen LogP contribution is 2.29. The Kier molecular flexibility index (Phi) is 4.46. The summed E-state index contributed by atoms with van der Waals surface area (Å²) in [7, 11) is 0. The van der Waals surface area contributed by atoms with Crippen molar-refractivity contribution in [1.29, 1.82) is 0 Å². The van der Waals surface area contributed by atoms with E-state index < -0.39 is 6.04 Å². The molecule has 7 heteroatoms. The first-order chi connectivity index (χ1) is 14.3. The zero-order chi connectivity index (χ0) is 19.6. The van der Waals surface area contributed by atoms with E-state index in [1.54, 1.807) is 12.1 Å². The van der Waals surface area contributed by atoms with Crippen molar-refractivity contribution >= 4 is 28.7 Å². The third-order valence-corrected chi connectivity index (χ3v) is 4.71. The predicted molar refractivity (Wildman–Crippen MR) is 111 cm³/mol. The number of fused-ring (bicyclic) bond motifs is 1. The molecule has 2 aromatic heterocycles. The SMILES string of the molecule is Clc1ccc2nc(NC(c3ccccc3)c3nc(-c4ccccc4)no3)oc2c1. The molecule has 0 aliphatic rings. The summed E-state index contributed by atoms with van der Waals surface area (Å²) in [6, 6.07) is 24.7. The van der Waals surface area contributed by atoms with E-state index in [0.29, 0.717) is 33.9 Å². The van der Waals surface area contributed by atoms with E-state index in [2.05, 4.69) is 20.4 Å². The molecule has 0 spiro atoms. The summed E-state index contributed by atoms with van der Waals surface area (Å²) in [5.74, 6) is 0.933. The minimum Gasteiger partial charge on any atom is -0.423 e. The topological polar surface area (TPSA) is 77.0 Å². The lowest BCUT2D eigenvalue weighted by atomic mass is 10.1. The Hall–Kier alpha value is -3.64. The van der Waals surface area contributed by atoms with Gasteiger partial charge in [0.2, 0.25) is 5.82 Å². The third kappa shape index (κ3) is 3.58. The standard InChI is InChI=1S/C22H15ClN4O2/c23-16-11-12-17-18(13-16)28-22(24-17)25-19(14-7-3-1-4-8-14)21-26-20(27-29-21)15-9-5-2-6-10-15/h1-13,19H,(H,24,25). The maximum atomic E-state index is 6.04. The van der Waals surface area contributed by atoms with Gasteiger partial charge in [-0.2, -0.15) is 9.97 Å². The van der Waals surface area contributed by atoms with Crippen LogP contribution in [-0.2, 0) is 0 Å². The summed E-state index contributed by atoms with van der Waals surface area (Å²) in [6.07, 6.45) is 0. The molecule has 0 saturated carbocycles. The van der Waals surface area contributed by atoms with Crippen LogP contribution >= 0.6 is 11.6 Å². The zero-order valence-electron chi connectivity index (χ0n) is 15.1. The van der Waals surface area contributed by atoms with Crippen molar-refractivity contribution in [1.82, 2.24) is 15.1 Å². The first-order valence-corrected chi connectivity index (χ1v) is 9.41. The minimum atomic E-state index is -0.426. The van der Waals surface area contributed by atoms with E-state index >= 15 is 0 Å². The number of halogens is 1. The van der Waals surface area contributed by atoms with Crippen molar-refractivity contribution in [3.8, 4) is 11.4 Å². The van der Waals surface area contributed by atoms with Gasteiger partial charge in [0, 0.05) is 16.7 Å². The van der Waals surface area contributed by atoms with Crippen LogP contribution in [0.15, 0.2) is 87.8 Å². The van der Waals surface area contributed by atoms with Gasteiger partial charge in [0.1, 0.15) is 11.6 Å². The molecule has 0 aliphatic carbocycles. The van der Waals surface area contributed by atoms with Crippen molar-refractivity contribution in [3.05, 3.63) is 95.3 Å². The number of nitrogens with zero attached hydrogens (tertiary/aromatic N) is 3. The molecular weight excluding hydrogens is 388 g/mol. The fourth-order valence-corrected chi connectivity index (χ4v) is 3.24. The maximum absolute atomic E-state index is 6.04. The van der Waals surface area contributed by atoms with Crippen LogP contribution in [0.3, 0.4) is 0 Å². The molecule has 0 fully saturated rings. The highest BCUT2D eigenvalue weighted by molar-refractivity contribution is 6.31. The first kappa shape index (κ1) is 17.5. The number of oxazole rings is 1. The highest BCUT2D eigenvalue weighted by atomic mass is 35.5. The molecule has 5 rings (SSSR count). The summed E-state index contributed by atoms with van der Waals surface area (Å²) in [6.45, 7) is 0. The molecule has 1 N–H and O–H groups in total. The number of benzene rings is 3. The van der Waals surface area contributed by atoms with E-state index in [4.69, 9.17) is 20.5 Å². The van der Waals surface area contributed by atoms with E-state index in [-0.39, 0.29) is 0 Å². The van der Waals surface area contributed by atoms with Gasteiger partial charge in [0.05, 0.1) is 0 Å². The third-order valence-electron chi connectivity index (χ3n) is 4.47. The van der Waals surface area contributed by atoms with E-state index in [0.717, 1.165) is 11.1 Å². The second-order valence-electron chi connectivity index (χ2n) is 6.44. The molecular formula is C22H15ClN4O2. The van der Waals surface area contributed by atoms with E-state index in [1.165, 1.54) is 0 Å². The van der Waals surface area contributed by atoms with E-state index in [9.17, 15) is 0 Å². The van der Waals surface area contributed by atoms with Gasteiger partial charge >= 0.3 is 0 Å². The molecule has 1 unspecified atom stereocenters. The van der Waals surface area contributed by atoms with Crippen molar-refractivity contribution in [2.75, 3.05) is 5.32 Å². The van der Waals surface area contributed by atoms with Gasteiger partial charge in [0.15, 0.2) is 5.58 Å². The fraction of sp³-hybridized carbons (Fsp3) is 0.0455. The number of anilines is 1. The number of nitrogens with one attached hydrogen (secondary N) is 1. The van der Waals surface area contributed by atoms with Gasteiger partial charge in [-0.25, -0.2) is 0 Å². The Labute approximate surface area is 171 Å². The molecule has 142 valence electrons. The number of aromatic nitrogens is 3. The molecule has 29 heavy (non-hydrogen) atoms. The maximum Gasteiger partial charge on any atom is 0.296 e. The predicted octanol–water partition coefficient (Wildman–Crippen LogP) is 5.73. The van der Waals surface area contributed by atoms with Gasteiger partial charge < -0.3 is 14.3 Å². The summed E-state index contributed by atoms with van der Waals surface area (Å²) in [5.41, 5.74) is 3.13. The van der Waals surface area contributed by atoms with Crippen LogP contribution in [0.2, 0.25) is 5.02 Å². The second-order valence-corrected chi connectivity index (χ2v) is 6.88. The molecule has 3 aromatic carbocycles. The van der Waals surface area contributed by atoms with E-state index in [1.807, 2.05) is 66.7 Å². The Bertz CT molecular complexity index is 1250. The molecule has 0 saturated heterocycles. The number of rotatable bonds is 5. The lowest BCUT2D eigenvalue weighted by Gasteiger charge is -2.13. The molecule has 2 heterocycles. The normalized spacial score (nSPS) is 12.2. The smallest absolute Gasteiger partial charge is 0.296 e. The lowest BCUT2D eigenvalue weighted by Crippen LogP contribution is -2.13. The summed E-state index contributed by atoms with van der Waals surface area (Å²) >= 11 is 6.04. The average Bonchev–Trinajstić information content (AvgIpc) is 3.40. The van der Waals surface area contributed by atoms with Crippen molar-refractivity contribution in [2.45, 2.75) is 6.04 Å². The summed E-state index contributed by atoms with van der Waals surface area (Å²) < 4.78 is 11.4. The fourth-order valence-electron chi connectivity index (χ4n) is 3.07. The van der Waals surface area contributed by atoms with Crippen LogP contribution in [0.1, 0.15) is 17.5 Å². The van der Waals surface area contributed by atoms with Gasteiger partial charge in [-0.05, 0) is 17.7 Å². The van der Waals surface area contributed by atoms with Crippen molar-refractivity contribution in [3.63, 3.8) is 0 Å². The van der Waals surface area contributed by atoms with Gasteiger partial charge in [-0.1, -0.05) is 77.4 Å². The average molecular weight is 403 g/mol. The van der Waals surface area contributed by atoms with Crippen LogP contribution in [-0.4, -0.2) is 15.1 Å². The minimum absolute atomic E-state index is 0.343. The molecule has 6 nitrogen and oxygen atoms in total. The Morgan fingerprint density at radius 1 is 0.862 bits per heavy atom. The molecule has 0 bridgehead atoms. The van der Waals surface area contributed by atoms with Gasteiger partial charge in [-0.15, -0.1) is 0 Å². The van der Waals surface area contributed by atoms with Crippen LogP contribution in [0.25, 0.3) is 22.5 Å². The first-order valence-electron chi connectivity index (χ1n) is 9.03. The Morgan fingerprint density at radius 3 is 2.41 bits per heavy atom. The monoisotopic (exact) mass is 402 g/mol. The number of hydrogen-bond donors (Lipinski definition) is 1. The quantitative estimate of drug-likeness (QED) is 0.404. The number of hydrogen-bond acceptors (Lipinski definition) is 6. The Balaban J connectivity index is 1.52. The van der Waals surface area contributed by atoms with Crippen LogP contribution in [0.4, 0.5) is 6.01 Å². The molecule has 1 atom stereocenters. The van der Waals surface area contributed by atoms with Gasteiger partial charge in [-0.3, -0.25) is 0 Å². The van der Waals surface area contributed by atoms with Crippen molar-refractivity contribution in [2.24, 2.45) is 0 Å². The molecule has 0 amide bonds. The lowest BCUT2D eigenvalue weighted by molar-refractivity contribution is 0.371. The second kappa shape index (κ2) is 7.41. The molecule has 5 aromatic rings. The summed E-state index contributed by atoms with van der Waals surface area (Å²) in [4.78, 5) is 9.07. The van der Waals surface area contributed by atoms with Crippen LogP contribution in [0.5, 0.6) is 0 Å². The zero-order valence-corrected chi connectivity index (χ0v) is 15.9. The molecule has 0 radical (unpaired) electrons. The molecule has 0 aliphatic heterocycles. The van der Waals surface area contributed by atoms with Crippen LogP contribution in [0, 0.1) is 0 Å².